The fourth-order valence-electron chi connectivity index (χ4n) is 2.42. The molecule has 0 aliphatic carbocycles. The van der Waals surface area contributed by atoms with Gasteiger partial charge in [0.05, 0.1) is 15.6 Å². The Kier molecular flexibility index (Phi) is 6.04. The number of hydrogen-bond donors (Lipinski definition) is 2. The van der Waals surface area contributed by atoms with Crippen molar-refractivity contribution in [2.24, 2.45) is 0 Å². The molecule has 0 radical (unpaired) electrons. The Morgan fingerprint density at radius 2 is 1.46 bits per heavy atom. The minimum atomic E-state index is -0.898. The van der Waals surface area contributed by atoms with E-state index < -0.39 is 11.9 Å². The van der Waals surface area contributed by atoms with Gasteiger partial charge in [0.2, 0.25) is 0 Å². The van der Waals surface area contributed by atoms with Crippen LogP contribution in [0.4, 0.5) is 10.6 Å². The van der Waals surface area contributed by atoms with Crippen LogP contribution in [0.1, 0.15) is 10.4 Å². The van der Waals surface area contributed by atoms with E-state index in [1.807, 2.05) is 0 Å². The zero-order chi connectivity index (χ0) is 20.3. The fraction of sp³-hybridized carbons (Fsp3) is 0. The summed E-state index contributed by atoms with van der Waals surface area (Å²) in [5.41, 5.74) is 1.39. The molecule has 6 nitrogen and oxygen atoms in total. The molecule has 142 valence electrons. The summed E-state index contributed by atoms with van der Waals surface area (Å²) < 4.78 is 0.483. The maximum Gasteiger partial charge on any atom is 0.413 e. The summed E-state index contributed by atoms with van der Waals surface area (Å²) in [5, 5.41) is 17.4. The van der Waals surface area contributed by atoms with E-state index in [2.05, 4.69) is 10.6 Å². The molecule has 0 aliphatic rings. The number of nitrogens with zero attached hydrogens (tertiary/aromatic N) is 1. The Morgan fingerprint density at radius 1 is 0.857 bits per heavy atom. The predicted molar refractivity (Wildman–Crippen MR) is 109 cm³/mol. The van der Waals surface area contributed by atoms with Crippen LogP contribution < -0.4 is 15.4 Å². The average Bonchev–Trinajstić information content (AvgIpc) is 2.64. The molecule has 0 atom stereocenters. The second kappa shape index (κ2) is 8.48. The number of amides is 3. The van der Waals surface area contributed by atoms with E-state index in [1.54, 1.807) is 36.4 Å². The van der Waals surface area contributed by atoms with Gasteiger partial charge in [-0.1, -0.05) is 53.0 Å². The molecule has 0 aliphatic heterocycles. The van der Waals surface area contributed by atoms with Gasteiger partial charge in [0.15, 0.2) is 0 Å². The largest absolute Gasteiger partial charge is 0.711 e. The van der Waals surface area contributed by atoms with Gasteiger partial charge in [0.25, 0.3) is 11.7 Å². The van der Waals surface area contributed by atoms with Crippen LogP contribution in [-0.4, -0.2) is 11.9 Å². The molecule has 2 aromatic carbocycles. The van der Waals surface area contributed by atoms with Crippen molar-refractivity contribution in [3.05, 3.63) is 86.6 Å². The highest BCUT2D eigenvalue weighted by atomic mass is 35.5. The molecule has 28 heavy (non-hydrogen) atoms. The number of benzene rings is 2. The van der Waals surface area contributed by atoms with Gasteiger partial charge in [0.1, 0.15) is 6.20 Å². The van der Waals surface area contributed by atoms with Gasteiger partial charge in [-0.2, -0.15) is 5.32 Å². The molecule has 0 fully saturated rings. The van der Waals surface area contributed by atoms with Crippen molar-refractivity contribution in [1.29, 1.82) is 0 Å². The number of hydrogen-bond acceptors (Lipinski definition) is 3. The molecule has 9 heteroatoms. The molecule has 1 aromatic heterocycles. The molecule has 0 bridgehead atoms. The first-order chi connectivity index (χ1) is 13.3. The van der Waals surface area contributed by atoms with Gasteiger partial charge in [-0.05, 0) is 35.9 Å². The Bertz CT molecular complexity index is 1040. The third-order valence-corrected chi connectivity index (χ3v) is 4.63. The lowest BCUT2D eigenvalue weighted by Crippen LogP contribution is -2.39. The molecular formula is C19H12Cl3N3O3. The van der Waals surface area contributed by atoms with Crippen LogP contribution in [0.25, 0.3) is 11.1 Å². The number of nitrogens with one attached hydrogen (secondary N) is 2. The zero-order valence-corrected chi connectivity index (χ0v) is 16.3. The van der Waals surface area contributed by atoms with Gasteiger partial charge >= 0.3 is 6.03 Å². The molecule has 0 unspecified atom stereocenters. The number of halogens is 3. The van der Waals surface area contributed by atoms with Crippen LogP contribution in [0.2, 0.25) is 15.1 Å². The smallest absolute Gasteiger partial charge is 0.413 e. The summed E-state index contributed by atoms with van der Waals surface area (Å²) in [7, 11) is 0. The molecule has 0 spiro atoms. The molecule has 3 amide bonds. The maximum absolute atomic E-state index is 12.2. The van der Waals surface area contributed by atoms with Crippen LogP contribution >= 0.6 is 34.8 Å². The Hall–Kier alpha value is -2.80. The monoisotopic (exact) mass is 435 g/mol. The van der Waals surface area contributed by atoms with Gasteiger partial charge in [-0.25, -0.2) is 9.52 Å². The summed E-state index contributed by atoms with van der Waals surface area (Å²) in [6.45, 7) is 0. The van der Waals surface area contributed by atoms with Crippen LogP contribution in [-0.2, 0) is 0 Å². The van der Waals surface area contributed by atoms with E-state index in [-0.39, 0.29) is 21.4 Å². The first-order valence-corrected chi connectivity index (χ1v) is 9.04. The Morgan fingerprint density at radius 3 is 2.07 bits per heavy atom. The quantitative estimate of drug-likeness (QED) is 0.452. The third-order valence-electron chi connectivity index (χ3n) is 3.75. The normalized spacial score (nSPS) is 10.4. The van der Waals surface area contributed by atoms with E-state index >= 15 is 0 Å². The van der Waals surface area contributed by atoms with Gasteiger partial charge < -0.3 is 5.21 Å². The Balaban J connectivity index is 1.72. The SMILES string of the molecule is O=C(NC(=O)c1c(Cl)cccc1Cl)Nc1ccc(-c2ccc(Cl)cc2)c[n+]1[O-]. The van der Waals surface area contributed by atoms with Gasteiger partial charge in [0, 0.05) is 16.7 Å². The molecule has 0 saturated heterocycles. The highest BCUT2D eigenvalue weighted by molar-refractivity contribution is 6.40. The first-order valence-electron chi connectivity index (χ1n) is 7.90. The van der Waals surface area contributed by atoms with Crippen molar-refractivity contribution in [2.75, 3.05) is 5.32 Å². The standard InChI is InChI=1S/C19H12Cl3N3O3/c20-13-7-4-11(5-8-13)12-6-9-16(25(28)10-12)23-19(27)24-18(26)17-14(21)2-1-3-15(17)22/h1-10H,(H2,23,24,26,27). The lowest BCUT2D eigenvalue weighted by molar-refractivity contribution is -0.589. The van der Waals surface area contributed by atoms with Crippen LogP contribution in [0.3, 0.4) is 0 Å². The highest BCUT2D eigenvalue weighted by Crippen LogP contribution is 2.24. The van der Waals surface area contributed by atoms with Crippen molar-refractivity contribution < 1.29 is 14.3 Å². The second-order valence-electron chi connectivity index (χ2n) is 5.64. The Labute approximate surface area is 175 Å². The van der Waals surface area contributed by atoms with Crippen LogP contribution in [0.5, 0.6) is 0 Å². The summed E-state index contributed by atoms with van der Waals surface area (Å²) in [4.78, 5) is 24.3. The topological polar surface area (TPSA) is 85.1 Å². The van der Waals surface area contributed by atoms with E-state index in [0.29, 0.717) is 15.3 Å². The van der Waals surface area contributed by atoms with E-state index in [1.165, 1.54) is 24.4 Å². The summed E-state index contributed by atoms with van der Waals surface area (Å²) in [6, 6.07) is 13.6. The highest BCUT2D eigenvalue weighted by Gasteiger charge is 2.20. The lowest BCUT2D eigenvalue weighted by Gasteiger charge is -2.11. The number of imide groups is 1. The molecule has 0 saturated carbocycles. The van der Waals surface area contributed by atoms with Crippen LogP contribution in [0, 0.1) is 5.21 Å². The predicted octanol–water partition coefficient (Wildman–Crippen LogP) is 4.91. The average molecular weight is 437 g/mol. The van der Waals surface area contributed by atoms with E-state index in [9.17, 15) is 14.8 Å². The third kappa shape index (κ3) is 4.54. The number of anilines is 1. The number of rotatable bonds is 3. The van der Waals surface area contributed by atoms with Crippen molar-refractivity contribution in [3.8, 4) is 11.1 Å². The minimum Gasteiger partial charge on any atom is -0.711 e. The fourth-order valence-corrected chi connectivity index (χ4v) is 3.11. The van der Waals surface area contributed by atoms with Crippen LogP contribution in [0.15, 0.2) is 60.8 Å². The summed E-state index contributed by atoms with van der Waals surface area (Å²) in [6.07, 6.45) is 1.30. The molecular weight excluding hydrogens is 425 g/mol. The molecule has 3 aromatic rings. The van der Waals surface area contributed by atoms with Crippen molar-refractivity contribution in [3.63, 3.8) is 0 Å². The summed E-state index contributed by atoms with van der Waals surface area (Å²) >= 11 is 17.7. The maximum atomic E-state index is 12.2. The number of pyridine rings is 1. The minimum absolute atomic E-state index is 0.0333. The van der Waals surface area contributed by atoms with Crippen molar-refractivity contribution in [2.45, 2.75) is 0 Å². The van der Waals surface area contributed by atoms with E-state index in [0.717, 1.165) is 5.56 Å². The molecule has 1 heterocycles. The molecule has 3 rings (SSSR count). The number of aromatic nitrogens is 1. The van der Waals surface area contributed by atoms with E-state index in [4.69, 9.17) is 34.8 Å². The summed E-state index contributed by atoms with van der Waals surface area (Å²) in [5.74, 6) is -0.850. The number of carbonyl (C=O) groups is 2. The van der Waals surface area contributed by atoms with Crippen molar-refractivity contribution in [1.82, 2.24) is 5.32 Å². The molecule has 2 N–H and O–H groups in total. The van der Waals surface area contributed by atoms with Gasteiger partial charge in [-0.3, -0.25) is 10.1 Å². The lowest BCUT2D eigenvalue weighted by atomic mass is 10.1. The zero-order valence-electron chi connectivity index (χ0n) is 14.1. The first kappa shape index (κ1) is 19.9. The number of urea groups is 1. The van der Waals surface area contributed by atoms with Crippen molar-refractivity contribution >= 4 is 52.6 Å². The number of carbonyl (C=O) groups excluding carboxylic acids is 2. The second-order valence-corrected chi connectivity index (χ2v) is 6.89. The van der Waals surface area contributed by atoms with Gasteiger partial charge in [-0.15, -0.1) is 0 Å².